The van der Waals surface area contributed by atoms with Gasteiger partial charge in [-0.05, 0) is 18.2 Å². The molecule has 0 N–H and O–H groups in total. The quantitative estimate of drug-likeness (QED) is 0.856. The van der Waals surface area contributed by atoms with Crippen molar-refractivity contribution in [3.8, 4) is 0 Å². The van der Waals surface area contributed by atoms with Crippen LogP contribution in [0.4, 0.5) is 10.2 Å². The Morgan fingerprint density at radius 2 is 1.70 bits per heavy atom. The summed E-state index contributed by atoms with van der Waals surface area (Å²) < 4.78 is 40.1. The molecule has 0 spiro atoms. The van der Waals surface area contributed by atoms with E-state index < -0.39 is 15.8 Å². The molecule has 1 aliphatic heterocycles. The van der Waals surface area contributed by atoms with Crippen LogP contribution in [0.25, 0.3) is 0 Å². The van der Waals surface area contributed by atoms with Gasteiger partial charge in [0.25, 0.3) is 0 Å². The largest absolute Gasteiger partial charge is 0.354 e. The van der Waals surface area contributed by atoms with Gasteiger partial charge in [0.2, 0.25) is 10.0 Å². The second-order valence-electron chi connectivity index (χ2n) is 5.42. The van der Waals surface area contributed by atoms with Crippen LogP contribution in [0, 0.1) is 5.82 Å². The molecule has 0 bridgehead atoms. The monoisotopic (exact) mass is 335 g/mol. The number of piperazine rings is 1. The lowest BCUT2D eigenvalue weighted by Crippen LogP contribution is -2.49. The predicted octanol–water partition coefficient (Wildman–Crippen LogP) is 1.87. The Labute approximate surface area is 135 Å². The van der Waals surface area contributed by atoms with Gasteiger partial charge in [-0.25, -0.2) is 17.8 Å². The number of pyridine rings is 1. The molecule has 0 radical (unpaired) electrons. The highest BCUT2D eigenvalue weighted by Gasteiger charge is 2.28. The molecule has 0 saturated carbocycles. The molecule has 3 rings (SSSR count). The number of sulfonamides is 1. The first-order valence-corrected chi connectivity index (χ1v) is 9.04. The Morgan fingerprint density at radius 3 is 2.35 bits per heavy atom. The van der Waals surface area contributed by atoms with Crippen LogP contribution in [0.2, 0.25) is 0 Å². The number of anilines is 1. The summed E-state index contributed by atoms with van der Waals surface area (Å²) in [5, 5.41) is 0. The first-order valence-electron chi connectivity index (χ1n) is 7.43. The first kappa shape index (κ1) is 15.9. The Balaban J connectivity index is 1.66. The van der Waals surface area contributed by atoms with Crippen LogP contribution in [0.3, 0.4) is 0 Å². The summed E-state index contributed by atoms with van der Waals surface area (Å²) in [6.07, 6.45) is 1.72. The molecular weight excluding hydrogens is 317 g/mol. The lowest BCUT2D eigenvalue weighted by Gasteiger charge is -2.34. The van der Waals surface area contributed by atoms with Crippen molar-refractivity contribution in [3.05, 3.63) is 60.0 Å². The van der Waals surface area contributed by atoms with Gasteiger partial charge >= 0.3 is 0 Å². The van der Waals surface area contributed by atoms with Crippen molar-refractivity contribution in [3.63, 3.8) is 0 Å². The molecule has 1 fully saturated rings. The average molecular weight is 335 g/mol. The number of hydrogen-bond donors (Lipinski definition) is 0. The summed E-state index contributed by atoms with van der Waals surface area (Å²) in [5.41, 5.74) is 0.208. The Morgan fingerprint density at radius 1 is 1.00 bits per heavy atom. The lowest BCUT2D eigenvalue weighted by molar-refractivity contribution is 0.383. The molecule has 122 valence electrons. The van der Waals surface area contributed by atoms with Crippen molar-refractivity contribution >= 4 is 15.8 Å². The lowest BCUT2D eigenvalue weighted by atomic mass is 10.2. The van der Waals surface area contributed by atoms with E-state index in [4.69, 9.17) is 0 Å². The molecule has 1 saturated heterocycles. The highest BCUT2D eigenvalue weighted by Crippen LogP contribution is 2.18. The zero-order chi connectivity index (χ0) is 16.3. The summed E-state index contributed by atoms with van der Waals surface area (Å²) in [7, 11) is -3.52. The highest BCUT2D eigenvalue weighted by molar-refractivity contribution is 7.88. The van der Waals surface area contributed by atoms with Crippen LogP contribution in [-0.4, -0.2) is 43.9 Å². The summed E-state index contributed by atoms with van der Waals surface area (Å²) in [6, 6.07) is 11.6. The van der Waals surface area contributed by atoms with E-state index in [0.29, 0.717) is 26.2 Å². The maximum absolute atomic E-state index is 13.7. The van der Waals surface area contributed by atoms with Crippen LogP contribution >= 0.6 is 0 Å². The Kier molecular flexibility index (Phi) is 4.58. The Hall–Kier alpha value is -1.99. The highest BCUT2D eigenvalue weighted by atomic mass is 32.2. The van der Waals surface area contributed by atoms with Crippen molar-refractivity contribution in [1.82, 2.24) is 9.29 Å². The molecule has 0 unspecified atom stereocenters. The fourth-order valence-electron chi connectivity index (χ4n) is 2.64. The second kappa shape index (κ2) is 6.64. The molecule has 1 aliphatic rings. The minimum absolute atomic E-state index is 0.208. The first-order chi connectivity index (χ1) is 11.1. The van der Waals surface area contributed by atoms with E-state index in [-0.39, 0.29) is 11.3 Å². The molecule has 1 aromatic heterocycles. The summed E-state index contributed by atoms with van der Waals surface area (Å²) in [4.78, 5) is 6.33. The maximum Gasteiger partial charge on any atom is 0.218 e. The van der Waals surface area contributed by atoms with Crippen LogP contribution in [0.1, 0.15) is 5.56 Å². The van der Waals surface area contributed by atoms with Gasteiger partial charge in [0.1, 0.15) is 11.6 Å². The van der Waals surface area contributed by atoms with Gasteiger partial charge in [-0.2, -0.15) is 4.31 Å². The smallest absolute Gasteiger partial charge is 0.218 e. The third kappa shape index (κ3) is 3.68. The van der Waals surface area contributed by atoms with Crippen molar-refractivity contribution in [2.75, 3.05) is 31.1 Å². The van der Waals surface area contributed by atoms with Crippen molar-refractivity contribution in [2.24, 2.45) is 0 Å². The molecular formula is C16H18FN3O2S. The summed E-state index contributed by atoms with van der Waals surface area (Å²) in [6.45, 7) is 1.92. The van der Waals surface area contributed by atoms with Gasteiger partial charge in [0.05, 0.1) is 5.75 Å². The number of hydrogen-bond acceptors (Lipinski definition) is 4. The van der Waals surface area contributed by atoms with Gasteiger partial charge in [-0.3, -0.25) is 0 Å². The average Bonchev–Trinajstić information content (AvgIpc) is 2.58. The summed E-state index contributed by atoms with van der Waals surface area (Å²) in [5.74, 6) is 0.0605. The van der Waals surface area contributed by atoms with Crippen LogP contribution < -0.4 is 4.90 Å². The molecule has 7 heteroatoms. The zero-order valence-corrected chi connectivity index (χ0v) is 13.4. The van der Waals surface area contributed by atoms with E-state index in [1.165, 1.54) is 16.4 Å². The van der Waals surface area contributed by atoms with E-state index in [9.17, 15) is 12.8 Å². The normalized spacial score (nSPS) is 16.5. The number of benzene rings is 1. The minimum Gasteiger partial charge on any atom is -0.354 e. The van der Waals surface area contributed by atoms with E-state index >= 15 is 0 Å². The zero-order valence-electron chi connectivity index (χ0n) is 12.6. The fourth-order valence-corrected chi connectivity index (χ4v) is 4.17. The van der Waals surface area contributed by atoms with Crippen molar-refractivity contribution in [2.45, 2.75) is 5.75 Å². The SMILES string of the molecule is O=S(=O)(Cc1ccccc1F)N1CCN(c2ccccn2)CC1. The van der Waals surface area contributed by atoms with Gasteiger partial charge in [0, 0.05) is 37.9 Å². The van der Waals surface area contributed by atoms with E-state index in [1.807, 2.05) is 18.2 Å². The number of rotatable bonds is 4. The molecule has 23 heavy (non-hydrogen) atoms. The third-order valence-electron chi connectivity index (χ3n) is 3.90. The molecule has 0 aliphatic carbocycles. The molecule has 1 aromatic carbocycles. The number of nitrogens with zero attached hydrogens (tertiary/aromatic N) is 3. The minimum atomic E-state index is -3.52. The van der Waals surface area contributed by atoms with E-state index in [1.54, 1.807) is 18.3 Å². The van der Waals surface area contributed by atoms with Gasteiger partial charge in [0.15, 0.2) is 0 Å². The van der Waals surface area contributed by atoms with E-state index in [0.717, 1.165) is 5.82 Å². The standard InChI is InChI=1S/C16H18FN3O2S/c17-15-6-2-1-5-14(15)13-23(21,22)20-11-9-19(10-12-20)16-7-3-4-8-18-16/h1-8H,9-13H2. The molecule has 0 amide bonds. The Bertz CT molecular complexity index is 760. The van der Waals surface area contributed by atoms with Gasteiger partial charge < -0.3 is 4.90 Å². The fraction of sp³-hybridized carbons (Fsp3) is 0.312. The van der Waals surface area contributed by atoms with Gasteiger partial charge in [-0.15, -0.1) is 0 Å². The van der Waals surface area contributed by atoms with Gasteiger partial charge in [-0.1, -0.05) is 24.3 Å². The molecule has 2 heterocycles. The second-order valence-corrected chi connectivity index (χ2v) is 7.39. The summed E-state index contributed by atoms with van der Waals surface area (Å²) >= 11 is 0. The van der Waals surface area contributed by atoms with Crippen molar-refractivity contribution in [1.29, 1.82) is 0 Å². The topological polar surface area (TPSA) is 53.5 Å². The van der Waals surface area contributed by atoms with Crippen molar-refractivity contribution < 1.29 is 12.8 Å². The molecule has 0 atom stereocenters. The third-order valence-corrected chi connectivity index (χ3v) is 5.73. The maximum atomic E-state index is 13.7. The van der Waals surface area contributed by atoms with E-state index in [2.05, 4.69) is 9.88 Å². The number of halogens is 1. The predicted molar refractivity (Wildman–Crippen MR) is 87.0 cm³/mol. The number of aromatic nitrogens is 1. The van der Waals surface area contributed by atoms with Crippen LogP contribution in [0.5, 0.6) is 0 Å². The van der Waals surface area contributed by atoms with Crippen LogP contribution in [0.15, 0.2) is 48.7 Å². The molecule has 5 nitrogen and oxygen atoms in total. The molecule has 2 aromatic rings. The van der Waals surface area contributed by atoms with Crippen LogP contribution in [-0.2, 0) is 15.8 Å².